The Morgan fingerprint density at radius 1 is 0.324 bits per heavy atom. The third-order valence-corrected chi connectivity index (χ3v) is 14.8. The number of nitrogens with zero attached hydrogens (tertiary/aromatic N) is 3. The summed E-state index contributed by atoms with van der Waals surface area (Å²) < 4.78 is 1.36. The van der Waals surface area contributed by atoms with E-state index >= 15 is 0 Å². The average Bonchev–Trinajstić information content (AvgIpc) is 3.83. The van der Waals surface area contributed by atoms with Crippen LogP contribution < -0.4 is 14.7 Å². The first kappa shape index (κ1) is 43.6. The van der Waals surface area contributed by atoms with Gasteiger partial charge in [-0.25, -0.2) is 0 Å². The van der Waals surface area contributed by atoms with E-state index in [1.807, 2.05) is 11.3 Å². The van der Waals surface area contributed by atoms with Crippen LogP contribution in [0.3, 0.4) is 0 Å². The van der Waals surface area contributed by atoms with Crippen LogP contribution in [0.25, 0.3) is 49.5 Å². The highest BCUT2D eigenvalue weighted by Crippen LogP contribution is 2.44. The van der Waals surface area contributed by atoms with Crippen molar-refractivity contribution >= 4 is 78.7 Å². The minimum Gasteiger partial charge on any atom is -0.311 e. The predicted molar refractivity (Wildman–Crippen MR) is 304 cm³/mol. The van der Waals surface area contributed by atoms with Crippen molar-refractivity contribution in [3.8, 4) is 33.4 Å². The number of benzene rings is 10. The predicted octanol–water partition coefficient (Wildman–Crippen LogP) is 19.8. The van der Waals surface area contributed by atoms with E-state index in [4.69, 9.17) is 0 Å². The molecular weight excluding hydrogens is 879 g/mol. The Kier molecular flexibility index (Phi) is 11.9. The first-order valence-electron chi connectivity index (χ1n) is 24.5. The van der Waals surface area contributed by atoms with Crippen LogP contribution in [0.4, 0.5) is 51.2 Å². The van der Waals surface area contributed by atoms with Crippen molar-refractivity contribution in [3.05, 3.63) is 277 Å². The minimum atomic E-state index is 0.528. The summed E-state index contributed by atoms with van der Waals surface area (Å²) in [7, 11) is 0. The van der Waals surface area contributed by atoms with Gasteiger partial charge in [-0.15, -0.1) is 11.3 Å². The van der Waals surface area contributed by atoms with Gasteiger partial charge in [-0.2, -0.15) is 0 Å². The molecule has 11 aromatic rings. The van der Waals surface area contributed by atoms with Gasteiger partial charge >= 0.3 is 0 Å². The fraction of sp³-hybridized carbons (Fsp3) is 0.0448. The Balaban J connectivity index is 0.863. The molecule has 0 amide bonds. The van der Waals surface area contributed by atoms with Gasteiger partial charge in [-0.3, -0.25) is 0 Å². The van der Waals surface area contributed by atoms with Crippen LogP contribution in [0.5, 0.6) is 0 Å². The number of para-hydroxylation sites is 4. The molecule has 340 valence electrons. The molecule has 1 atom stereocenters. The topological polar surface area (TPSA) is 9.72 Å². The summed E-state index contributed by atoms with van der Waals surface area (Å²) in [5.41, 5.74) is 18.6. The van der Waals surface area contributed by atoms with Crippen LogP contribution in [-0.4, -0.2) is 0 Å². The molecular formula is C67H51N3S. The second kappa shape index (κ2) is 19.4. The van der Waals surface area contributed by atoms with Crippen molar-refractivity contribution in [2.24, 2.45) is 0 Å². The zero-order valence-electron chi connectivity index (χ0n) is 39.5. The molecule has 1 aliphatic rings. The quantitative estimate of drug-likeness (QED) is 0.121. The number of hydrogen-bond acceptors (Lipinski definition) is 4. The third kappa shape index (κ3) is 8.82. The van der Waals surface area contributed by atoms with E-state index in [-0.39, 0.29) is 0 Å². The van der Waals surface area contributed by atoms with Gasteiger partial charge in [0.2, 0.25) is 0 Å². The van der Waals surface area contributed by atoms with E-state index in [0.29, 0.717) is 5.92 Å². The summed E-state index contributed by atoms with van der Waals surface area (Å²) in [5, 5.41) is 1.39. The molecule has 0 bridgehead atoms. The maximum Gasteiger partial charge on any atom is 0.0462 e. The van der Waals surface area contributed by atoms with Crippen molar-refractivity contribution in [2.45, 2.75) is 19.3 Å². The van der Waals surface area contributed by atoms with Crippen LogP contribution in [0.2, 0.25) is 0 Å². The fourth-order valence-electron chi connectivity index (χ4n) is 10.1. The maximum absolute atomic E-state index is 2.41. The van der Waals surface area contributed by atoms with E-state index in [2.05, 4.69) is 295 Å². The zero-order chi connectivity index (χ0) is 47.5. The molecule has 10 aromatic carbocycles. The Bertz CT molecular complexity index is 3320. The fourth-order valence-corrected chi connectivity index (χ4v) is 11.3. The molecule has 1 heterocycles. The molecule has 12 rings (SSSR count). The lowest BCUT2D eigenvalue weighted by atomic mass is 9.90. The van der Waals surface area contributed by atoms with Gasteiger partial charge in [0, 0.05) is 60.8 Å². The van der Waals surface area contributed by atoms with E-state index in [1.165, 1.54) is 31.7 Å². The molecule has 1 unspecified atom stereocenters. The Labute approximate surface area is 421 Å². The van der Waals surface area contributed by atoms with Gasteiger partial charge in [-0.1, -0.05) is 153 Å². The summed E-state index contributed by atoms with van der Waals surface area (Å²) in [6, 6.07) is 94.1. The van der Waals surface area contributed by atoms with Crippen LogP contribution in [0, 0.1) is 0 Å². The standard InChI is InChI=1S/C67H51N3S/c1-48-15-14-24-66-67(48)64-47-54(35-46-65(64)71-66)53-33-44-63(45-34-53)70(61-40-29-51(30-41-61)49-25-36-59(37-26-49)68(55-16-6-2-7-17-55)56-18-8-3-9-19-56)62-42-31-52(32-43-62)50-27-38-60(39-28-50)69(57-20-10-4-11-21-57)58-22-12-5-13-23-58/h2-14,16-48H,15H2,1H3. The normalized spacial score (nSPS) is 12.9. The van der Waals surface area contributed by atoms with E-state index in [1.54, 1.807) is 0 Å². The molecule has 0 N–H and O–H groups in total. The minimum absolute atomic E-state index is 0.528. The Morgan fingerprint density at radius 2 is 0.606 bits per heavy atom. The lowest BCUT2D eigenvalue weighted by Crippen LogP contribution is -2.10. The molecule has 0 saturated carbocycles. The van der Waals surface area contributed by atoms with Gasteiger partial charge in [0.05, 0.1) is 0 Å². The zero-order valence-corrected chi connectivity index (χ0v) is 40.3. The number of rotatable bonds is 12. The van der Waals surface area contributed by atoms with Crippen LogP contribution in [-0.2, 0) is 0 Å². The molecule has 71 heavy (non-hydrogen) atoms. The van der Waals surface area contributed by atoms with Crippen LogP contribution >= 0.6 is 11.3 Å². The second-order valence-corrected chi connectivity index (χ2v) is 19.3. The molecule has 1 aromatic heterocycles. The molecule has 0 fully saturated rings. The maximum atomic E-state index is 2.41. The van der Waals surface area contributed by atoms with Crippen molar-refractivity contribution in [3.63, 3.8) is 0 Å². The van der Waals surface area contributed by atoms with Crippen molar-refractivity contribution in [1.29, 1.82) is 0 Å². The van der Waals surface area contributed by atoms with Gasteiger partial charge in [0.25, 0.3) is 0 Å². The average molecular weight is 930 g/mol. The van der Waals surface area contributed by atoms with Gasteiger partial charge in [0.15, 0.2) is 0 Å². The summed E-state index contributed by atoms with van der Waals surface area (Å²) in [4.78, 5) is 8.37. The van der Waals surface area contributed by atoms with Crippen LogP contribution in [0.1, 0.15) is 29.7 Å². The van der Waals surface area contributed by atoms with Gasteiger partial charge in [0.1, 0.15) is 0 Å². The molecule has 3 nitrogen and oxygen atoms in total. The third-order valence-electron chi connectivity index (χ3n) is 13.7. The highest BCUT2D eigenvalue weighted by Gasteiger charge is 2.21. The lowest BCUT2D eigenvalue weighted by Gasteiger charge is -2.27. The highest BCUT2D eigenvalue weighted by molar-refractivity contribution is 7.20. The number of allylic oxidation sites excluding steroid dienone is 1. The number of anilines is 9. The number of hydrogen-bond donors (Lipinski definition) is 0. The van der Waals surface area contributed by atoms with E-state index < -0.39 is 0 Å². The van der Waals surface area contributed by atoms with Gasteiger partial charge in [-0.05, 0) is 184 Å². The first-order valence-corrected chi connectivity index (χ1v) is 25.3. The highest BCUT2D eigenvalue weighted by atomic mass is 32.1. The van der Waals surface area contributed by atoms with Crippen LogP contribution in [0.15, 0.2) is 267 Å². The van der Waals surface area contributed by atoms with Crippen molar-refractivity contribution < 1.29 is 0 Å². The Hall–Kier alpha value is -8.70. The molecule has 0 saturated heterocycles. The number of fused-ring (bicyclic) bond motifs is 3. The molecule has 0 radical (unpaired) electrons. The summed E-state index contributed by atoms with van der Waals surface area (Å²) in [6.07, 6.45) is 5.73. The molecule has 1 aliphatic carbocycles. The first-order chi connectivity index (χ1) is 35.1. The number of thiophene rings is 1. The molecule has 0 spiro atoms. The summed E-state index contributed by atoms with van der Waals surface area (Å²) in [6.45, 7) is 2.36. The SMILES string of the molecule is CC1CC=Cc2sc3ccc(-c4ccc(N(c5ccc(-c6ccc(N(c7ccccc7)c7ccccc7)cc6)cc5)c5ccc(-c6ccc(N(c7ccccc7)c7ccccc7)cc6)cc5)cc4)cc3c21. The largest absolute Gasteiger partial charge is 0.311 e. The molecule has 4 heteroatoms. The smallest absolute Gasteiger partial charge is 0.0462 e. The van der Waals surface area contributed by atoms with Crippen molar-refractivity contribution in [2.75, 3.05) is 14.7 Å². The summed E-state index contributed by atoms with van der Waals surface area (Å²) >= 11 is 1.91. The molecule has 0 aliphatic heterocycles. The monoisotopic (exact) mass is 929 g/mol. The summed E-state index contributed by atoms with van der Waals surface area (Å²) in [5.74, 6) is 0.528. The van der Waals surface area contributed by atoms with E-state index in [0.717, 1.165) is 79.9 Å². The van der Waals surface area contributed by atoms with Gasteiger partial charge < -0.3 is 14.7 Å². The van der Waals surface area contributed by atoms with E-state index in [9.17, 15) is 0 Å². The van der Waals surface area contributed by atoms with Crippen molar-refractivity contribution in [1.82, 2.24) is 0 Å². The Morgan fingerprint density at radius 3 is 0.930 bits per heavy atom. The second-order valence-electron chi connectivity index (χ2n) is 18.2. The lowest BCUT2D eigenvalue weighted by molar-refractivity contribution is 0.783.